The van der Waals surface area contributed by atoms with Crippen LogP contribution in [0.25, 0.3) is 10.2 Å². The Kier molecular flexibility index (Phi) is 5.88. The van der Waals surface area contributed by atoms with Crippen molar-refractivity contribution in [2.75, 3.05) is 38.5 Å². The van der Waals surface area contributed by atoms with Gasteiger partial charge in [-0.1, -0.05) is 25.2 Å². The van der Waals surface area contributed by atoms with Gasteiger partial charge in [-0.15, -0.1) is 0 Å². The highest BCUT2D eigenvalue weighted by atomic mass is 32.1. The van der Waals surface area contributed by atoms with E-state index in [1.54, 1.807) is 0 Å². The number of piperazine rings is 1. The van der Waals surface area contributed by atoms with Gasteiger partial charge in [0.25, 0.3) is 5.91 Å². The molecule has 7 heteroatoms. The summed E-state index contributed by atoms with van der Waals surface area (Å²) in [7, 11) is 2.07. The van der Waals surface area contributed by atoms with Crippen molar-refractivity contribution in [2.45, 2.75) is 26.7 Å². The Morgan fingerprint density at radius 3 is 2.54 bits per heavy atom. The lowest BCUT2D eigenvalue weighted by Crippen LogP contribution is -2.47. The molecular formula is C19H26N4O2S. The lowest BCUT2D eigenvalue weighted by molar-refractivity contribution is -0.120. The van der Waals surface area contributed by atoms with Crippen LogP contribution in [0, 0.1) is 5.92 Å². The number of carbonyl (C=O) groups excluding carboxylic acids is 2. The summed E-state index contributed by atoms with van der Waals surface area (Å²) in [6, 6.07) is 5.58. The number of thiazole rings is 1. The smallest absolute Gasteiger partial charge is 0.253 e. The molecule has 1 aromatic heterocycles. The number of hydrogen-bond acceptors (Lipinski definition) is 5. The Balaban J connectivity index is 1.75. The highest BCUT2D eigenvalue weighted by Gasteiger charge is 2.21. The zero-order valence-corrected chi connectivity index (χ0v) is 16.4. The Morgan fingerprint density at radius 1 is 1.19 bits per heavy atom. The molecule has 0 saturated carbocycles. The monoisotopic (exact) mass is 374 g/mol. The first kappa shape index (κ1) is 18.8. The molecule has 2 aromatic rings. The van der Waals surface area contributed by atoms with E-state index in [0.717, 1.165) is 49.2 Å². The standard InChI is InChI=1S/C19H26N4O2S/c1-4-13(5-2)17(24)21-19-20-15-7-6-14(12-16(15)26-19)18(25)23-10-8-22(3)9-11-23/h6-7,12-13H,4-5,8-11H2,1-3H3,(H,20,21,24). The molecule has 26 heavy (non-hydrogen) atoms. The average molecular weight is 375 g/mol. The topological polar surface area (TPSA) is 65.5 Å². The van der Waals surface area contributed by atoms with Gasteiger partial charge in [0.2, 0.25) is 5.91 Å². The number of nitrogens with one attached hydrogen (secondary N) is 1. The molecule has 3 rings (SSSR count). The van der Waals surface area contributed by atoms with E-state index in [0.29, 0.717) is 10.7 Å². The van der Waals surface area contributed by atoms with Crippen molar-refractivity contribution in [2.24, 2.45) is 5.92 Å². The average Bonchev–Trinajstić information content (AvgIpc) is 3.04. The van der Waals surface area contributed by atoms with Crippen molar-refractivity contribution < 1.29 is 9.59 Å². The number of carbonyl (C=O) groups is 2. The molecule has 0 aliphatic carbocycles. The van der Waals surface area contributed by atoms with Gasteiger partial charge in [-0.25, -0.2) is 4.98 Å². The summed E-state index contributed by atoms with van der Waals surface area (Å²) in [4.78, 5) is 33.6. The van der Waals surface area contributed by atoms with Crippen LogP contribution < -0.4 is 5.32 Å². The number of rotatable bonds is 5. The van der Waals surface area contributed by atoms with Crippen LogP contribution in [0.4, 0.5) is 5.13 Å². The summed E-state index contributed by atoms with van der Waals surface area (Å²) in [5.41, 5.74) is 1.49. The van der Waals surface area contributed by atoms with E-state index in [1.807, 2.05) is 36.9 Å². The second-order valence-electron chi connectivity index (χ2n) is 6.80. The van der Waals surface area contributed by atoms with Crippen LogP contribution in [0.1, 0.15) is 37.0 Å². The Bertz CT molecular complexity index is 792. The van der Waals surface area contributed by atoms with Gasteiger partial charge in [-0.05, 0) is 38.1 Å². The molecule has 0 unspecified atom stereocenters. The Hall–Kier alpha value is -1.99. The van der Waals surface area contributed by atoms with Gasteiger partial charge in [0.1, 0.15) is 0 Å². The third-order valence-corrected chi connectivity index (χ3v) is 5.95. The molecule has 1 aliphatic rings. The minimum atomic E-state index is 0.0105. The van der Waals surface area contributed by atoms with Crippen molar-refractivity contribution in [3.8, 4) is 0 Å². The molecule has 1 N–H and O–H groups in total. The normalized spacial score (nSPS) is 15.6. The molecule has 1 aliphatic heterocycles. The summed E-state index contributed by atoms with van der Waals surface area (Å²) >= 11 is 1.42. The van der Waals surface area contributed by atoms with Crippen molar-refractivity contribution in [1.29, 1.82) is 0 Å². The molecule has 0 spiro atoms. The van der Waals surface area contributed by atoms with E-state index in [2.05, 4.69) is 22.2 Å². The minimum Gasteiger partial charge on any atom is -0.336 e. The maximum absolute atomic E-state index is 12.7. The third kappa shape index (κ3) is 4.04. The van der Waals surface area contributed by atoms with Crippen LogP contribution >= 0.6 is 11.3 Å². The van der Waals surface area contributed by atoms with Gasteiger partial charge < -0.3 is 15.1 Å². The van der Waals surface area contributed by atoms with E-state index < -0.39 is 0 Å². The van der Waals surface area contributed by atoms with E-state index in [9.17, 15) is 9.59 Å². The van der Waals surface area contributed by atoms with Crippen molar-refractivity contribution in [3.05, 3.63) is 23.8 Å². The number of fused-ring (bicyclic) bond motifs is 1. The summed E-state index contributed by atoms with van der Waals surface area (Å²) in [6.07, 6.45) is 1.63. The van der Waals surface area contributed by atoms with Crippen molar-refractivity contribution in [1.82, 2.24) is 14.8 Å². The molecule has 2 heterocycles. The number of hydrogen-bond donors (Lipinski definition) is 1. The number of amides is 2. The second-order valence-corrected chi connectivity index (χ2v) is 7.83. The third-order valence-electron chi connectivity index (χ3n) is 5.01. The predicted molar refractivity (Wildman–Crippen MR) is 106 cm³/mol. The van der Waals surface area contributed by atoms with Crippen LogP contribution in [0.3, 0.4) is 0 Å². The molecule has 6 nitrogen and oxygen atoms in total. The van der Waals surface area contributed by atoms with Crippen LogP contribution in [0.2, 0.25) is 0 Å². The molecule has 140 valence electrons. The molecule has 0 bridgehead atoms. The van der Waals surface area contributed by atoms with Crippen LogP contribution in [-0.4, -0.2) is 59.8 Å². The number of likely N-dealkylation sites (N-methyl/N-ethyl adjacent to an activating group) is 1. The van der Waals surface area contributed by atoms with Gasteiger partial charge in [-0.2, -0.15) is 0 Å². The van der Waals surface area contributed by atoms with E-state index in [1.165, 1.54) is 11.3 Å². The number of benzene rings is 1. The van der Waals surface area contributed by atoms with Crippen LogP contribution in [0.15, 0.2) is 18.2 Å². The summed E-state index contributed by atoms with van der Waals surface area (Å²) < 4.78 is 0.921. The number of aromatic nitrogens is 1. The Morgan fingerprint density at radius 2 is 1.88 bits per heavy atom. The second kappa shape index (κ2) is 8.14. The fourth-order valence-corrected chi connectivity index (χ4v) is 4.08. The predicted octanol–water partition coefficient (Wildman–Crippen LogP) is 3.06. The van der Waals surface area contributed by atoms with Gasteiger partial charge in [0, 0.05) is 37.7 Å². The lowest BCUT2D eigenvalue weighted by atomic mass is 10.0. The Labute approximate surface area is 158 Å². The van der Waals surface area contributed by atoms with Crippen LogP contribution in [-0.2, 0) is 4.79 Å². The minimum absolute atomic E-state index is 0.0105. The highest BCUT2D eigenvalue weighted by molar-refractivity contribution is 7.22. The van der Waals surface area contributed by atoms with Gasteiger partial charge >= 0.3 is 0 Å². The van der Waals surface area contributed by atoms with E-state index in [-0.39, 0.29) is 17.7 Å². The highest BCUT2D eigenvalue weighted by Crippen LogP contribution is 2.28. The SMILES string of the molecule is CCC(CC)C(=O)Nc1nc2ccc(C(=O)N3CCN(C)CC3)cc2s1. The number of anilines is 1. The largest absolute Gasteiger partial charge is 0.336 e. The zero-order chi connectivity index (χ0) is 18.7. The number of nitrogens with zero attached hydrogens (tertiary/aromatic N) is 3. The molecule has 1 saturated heterocycles. The molecular weight excluding hydrogens is 348 g/mol. The van der Waals surface area contributed by atoms with Crippen molar-refractivity contribution in [3.63, 3.8) is 0 Å². The maximum atomic E-state index is 12.7. The fraction of sp³-hybridized carbons (Fsp3) is 0.526. The summed E-state index contributed by atoms with van der Waals surface area (Å²) in [5, 5.41) is 3.52. The van der Waals surface area contributed by atoms with Gasteiger partial charge in [-0.3, -0.25) is 9.59 Å². The molecule has 0 radical (unpaired) electrons. The maximum Gasteiger partial charge on any atom is 0.253 e. The lowest BCUT2D eigenvalue weighted by Gasteiger charge is -2.32. The summed E-state index contributed by atoms with van der Waals surface area (Å²) in [6.45, 7) is 7.35. The van der Waals surface area contributed by atoms with E-state index >= 15 is 0 Å². The molecule has 1 fully saturated rings. The first-order valence-corrected chi connectivity index (χ1v) is 10.0. The zero-order valence-electron chi connectivity index (χ0n) is 15.6. The van der Waals surface area contributed by atoms with Gasteiger partial charge in [0.05, 0.1) is 10.2 Å². The quantitative estimate of drug-likeness (QED) is 0.874. The molecule has 0 atom stereocenters. The molecule has 1 aromatic carbocycles. The molecule has 2 amide bonds. The van der Waals surface area contributed by atoms with E-state index in [4.69, 9.17) is 0 Å². The first-order chi connectivity index (χ1) is 12.5. The van der Waals surface area contributed by atoms with Gasteiger partial charge in [0.15, 0.2) is 5.13 Å². The summed E-state index contributed by atoms with van der Waals surface area (Å²) in [5.74, 6) is 0.0928. The first-order valence-electron chi connectivity index (χ1n) is 9.21. The van der Waals surface area contributed by atoms with Crippen LogP contribution in [0.5, 0.6) is 0 Å². The van der Waals surface area contributed by atoms with Crippen molar-refractivity contribution >= 4 is 38.5 Å². The fourth-order valence-electron chi connectivity index (χ4n) is 3.17.